The topological polar surface area (TPSA) is 89.8 Å². The van der Waals surface area contributed by atoms with Crippen LogP contribution in [-0.4, -0.2) is 84.1 Å². The van der Waals surface area contributed by atoms with E-state index in [1.165, 1.54) is 22.6 Å². The Kier molecular flexibility index (Phi) is 12.8. The number of piperidine rings is 2. The van der Waals surface area contributed by atoms with Crippen LogP contribution in [-0.2, 0) is 0 Å². The molecule has 0 spiro atoms. The fourth-order valence-electron chi connectivity index (χ4n) is 3.80. The van der Waals surface area contributed by atoms with Crippen molar-refractivity contribution < 1.29 is 55.0 Å². The summed E-state index contributed by atoms with van der Waals surface area (Å²) in [4.78, 5) is 2.56. The normalized spacial score (nSPS) is 25.0. The van der Waals surface area contributed by atoms with E-state index in [9.17, 15) is 20.4 Å². The molecule has 0 saturated carbocycles. The smallest absolute Gasteiger partial charge is 0.131 e. The highest BCUT2D eigenvalue weighted by Gasteiger charge is 2.35. The van der Waals surface area contributed by atoms with E-state index in [1.807, 2.05) is 0 Å². The van der Waals surface area contributed by atoms with E-state index in [2.05, 4.69) is 0 Å². The van der Waals surface area contributed by atoms with Gasteiger partial charge in [-0.15, -0.1) is 0 Å². The van der Waals surface area contributed by atoms with E-state index in [0.717, 1.165) is 51.9 Å². The van der Waals surface area contributed by atoms with Crippen molar-refractivity contribution in [2.24, 2.45) is 0 Å². The molecule has 4 unspecified atom stereocenters. The zero-order valence-electron chi connectivity index (χ0n) is 14.3. The van der Waals surface area contributed by atoms with Gasteiger partial charge in [0, 0.05) is 0 Å². The van der Waals surface area contributed by atoms with Crippen LogP contribution in [0.2, 0.25) is 0 Å². The molecule has 2 aliphatic heterocycles. The highest BCUT2D eigenvalue weighted by molar-refractivity contribution is 4.80. The third kappa shape index (κ3) is 7.70. The van der Waals surface area contributed by atoms with Gasteiger partial charge in [-0.05, 0) is 38.5 Å². The number of rotatable bonds is 7. The maximum atomic E-state index is 10.1. The molecule has 24 heavy (non-hydrogen) atoms. The van der Waals surface area contributed by atoms with Crippen LogP contribution in [0.4, 0.5) is 0 Å². The lowest BCUT2D eigenvalue weighted by molar-refractivity contribution is -0.909. The van der Waals surface area contributed by atoms with Crippen molar-refractivity contribution in [2.45, 2.75) is 62.9 Å². The average Bonchev–Trinajstić information content (AvgIpc) is 2.55. The predicted molar refractivity (Wildman–Crippen MR) is 82.9 cm³/mol. The quantitative estimate of drug-likeness (QED) is 0.261. The van der Waals surface area contributed by atoms with Crippen molar-refractivity contribution in [3.05, 3.63) is 0 Å². The average molecular weight is 389 g/mol. The van der Waals surface area contributed by atoms with Crippen LogP contribution in [0.5, 0.6) is 0 Å². The summed E-state index contributed by atoms with van der Waals surface area (Å²) in [6, 6.07) is 0. The number of nitrogens with one attached hydrogen (secondary N) is 2. The molecular weight excluding hydrogens is 355 g/mol. The minimum Gasteiger partial charge on any atom is -1.00 e. The Morgan fingerprint density at radius 2 is 0.833 bits per heavy atom. The first-order chi connectivity index (χ1) is 10.6. The number of halogens is 2. The zero-order valence-corrected chi connectivity index (χ0v) is 15.9. The molecule has 0 aromatic heterocycles. The van der Waals surface area contributed by atoms with Gasteiger partial charge in [-0.25, -0.2) is 0 Å². The van der Waals surface area contributed by atoms with Crippen molar-refractivity contribution in [1.82, 2.24) is 0 Å². The second-order valence-corrected chi connectivity index (χ2v) is 7.15. The van der Waals surface area contributed by atoms with Crippen molar-refractivity contribution >= 4 is 0 Å². The summed E-state index contributed by atoms with van der Waals surface area (Å²) < 4.78 is 0. The van der Waals surface area contributed by atoms with Crippen molar-refractivity contribution in [3.63, 3.8) is 0 Å². The summed E-state index contributed by atoms with van der Waals surface area (Å²) in [7, 11) is 0. The van der Waals surface area contributed by atoms with Crippen LogP contribution in [0, 0.1) is 0 Å². The molecule has 0 amide bonds. The second-order valence-electron chi connectivity index (χ2n) is 7.15. The number of quaternary nitrogens is 2. The molecule has 0 aliphatic carbocycles. The van der Waals surface area contributed by atoms with Gasteiger partial charge in [0.25, 0.3) is 0 Å². The van der Waals surface area contributed by atoms with Gasteiger partial charge in [-0.3, -0.25) is 0 Å². The number of likely N-dealkylation sites (tertiary alicyclic amines) is 2. The Morgan fingerprint density at radius 1 is 0.542 bits per heavy atom. The highest BCUT2D eigenvalue weighted by Crippen LogP contribution is 2.05. The largest absolute Gasteiger partial charge is 1.00 e. The predicted octanol–water partition coefficient (Wildman–Crippen LogP) is -9.42. The van der Waals surface area contributed by atoms with E-state index in [0.29, 0.717) is 13.1 Å². The molecular formula is C16H34Cl2N2O4. The Labute approximate surface area is 157 Å². The van der Waals surface area contributed by atoms with Gasteiger partial charge in [0.2, 0.25) is 0 Å². The van der Waals surface area contributed by atoms with E-state index in [1.54, 1.807) is 0 Å². The van der Waals surface area contributed by atoms with Crippen molar-refractivity contribution in [3.8, 4) is 0 Å². The van der Waals surface area contributed by atoms with Crippen LogP contribution >= 0.6 is 0 Å². The molecule has 4 atom stereocenters. The summed E-state index contributed by atoms with van der Waals surface area (Å²) in [6.45, 7) is 4.95. The van der Waals surface area contributed by atoms with Crippen LogP contribution in [0.15, 0.2) is 0 Å². The molecule has 6 nitrogen and oxygen atoms in total. The lowest BCUT2D eigenvalue weighted by Gasteiger charge is -2.32. The number of aliphatic hydroxyl groups excluding tert-OH is 4. The Balaban J connectivity index is 0.00000264. The van der Waals surface area contributed by atoms with Gasteiger partial charge in [-0.1, -0.05) is 0 Å². The van der Waals surface area contributed by atoms with Gasteiger partial charge in [-0.2, -0.15) is 0 Å². The van der Waals surface area contributed by atoms with E-state index in [-0.39, 0.29) is 24.8 Å². The molecule has 146 valence electrons. The molecule has 2 saturated heterocycles. The Hall–Kier alpha value is 0.340. The Bertz CT molecular complexity index is 286. The van der Waals surface area contributed by atoms with Crippen LogP contribution in [0.3, 0.4) is 0 Å². The van der Waals surface area contributed by atoms with Crippen LogP contribution in [0.1, 0.15) is 38.5 Å². The van der Waals surface area contributed by atoms with Crippen molar-refractivity contribution in [1.29, 1.82) is 0 Å². The van der Waals surface area contributed by atoms with Gasteiger partial charge in [0.1, 0.15) is 37.5 Å². The second kappa shape index (κ2) is 12.7. The summed E-state index contributed by atoms with van der Waals surface area (Å²) in [6.07, 6.45) is 2.60. The Morgan fingerprint density at radius 3 is 1.12 bits per heavy atom. The SMILES string of the molecule is OC(C[NH+]1CCCCC1)C(O)C(O)C(O)C[NH+]1CCCCC1.[Cl-].[Cl-]. The number of aliphatic hydroxyl groups is 4. The van der Waals surface area contributed by atoms with Gasteiger partial charge < -0.3 is 55.0 Å². The molecule has 8 heteroatoms. The van der Waals surface area contributed by atoms with Crippen molar-refractivity contribution in [2.75, 3.05) is 39.3 Å². The molecule has 2 aliphatic rings. The van der Waals surface area contributed by atoms with E-state index in [4.69, 9.17) is 0 Å². The summed E-state index contributed by atoms with van der Waals surface area (Å²) in [5.41, 5.74) is 0. The number of hydrogen-bond donors (Lipinski definition) is 6. The van der Waals surface area contributed by atoms with Crippen LogP contribution in [0.25, 0.3) is 0 Å². The molecule has 2 fully saturated rings. The molecule has 0 aromatic rings. The molecule has 0 bridgehead atoms. The number of hydrogen-bond acceptors (Lipinski definition) is 4. The molecule has 6 N–H and O–H groups in total. The molecule has 0 radical (unpaired) electrons. The van der Waals surface area contributed by atoms with Gasteiger partial charge >= 0.3 is 0 Å². The summed E-state index contributed by atoms with van der Waals surface area (Å²) >= 11 is 0. The third-order valence-electron chi connectivity index (χ3n) is 5.26. The summed E-state index contributed by atoms with van der Waals surface area (Å²) in [5.74, 6) is 0. The molecule has 2 heterocycles. The highest BCUT2D eigenvalue weighted by atomic mass is 35.5. The fraction of sp³-hybridized carbons (Fsp3) is 1.00. The monoisotopic (exact) mass is 388 g/mol. The first kappa shape index (κ1) is 24.3. The zero-order chi connectivity index (χ0) is 15.9. The third-order valence-corrected chi connectivity index (χ3v) is 5.26. The van der Waals surface area contributed by atoms with Crippen LogP contribution < -0.4 is 34.6 Å². The minimum atomic E-state index is -1.27. The maximum Gasteiger partial charge on any atom is 0.131 e. The fourth-order valence-corrected chi connectivity index (χ4v) is 3.80. The first-order valence-corrected chi connectivity index (χ1v) is 8.97. The standard InChI is InChI=1S/C16H32N2O4.2ClH/c19-13(11-17-7-3-1-4-8-17)15(21)16(22)14(20)12-18-9-5-2-6-10-18;;/h13-16,19-22H,1-12H2;2*1H. The lowest BCUT2D eigenvalue weighted by Crippen LogP contribution is -3.14. The maximum absolute atomic E-state index is 10.1. The van der Waals surface area contributed by atoms with E-state index < -0.39 is 24.4 Å². The van der Waals surface area contributed by atoms with Gasteiger partial charge in [0.05, 0.1) is 26.2 Å². The summed E-state index contributed by atoms with van der Waals surface area (Å²) in [5, 5.41) is 40.6. The first-order valence-electron chi connectivity index (χ1n) is 8.97. The molecule has 0 aromatic carbocycles. The lowest BCUT2D eigenvalue weighted by atomic mass is 10.0. The minimum absolute atomic E-state index is 0. The van der Waals surface area contributed by atoms with E-state index >= 15 is 0 Å². The molecule has 2 rings (SSSR count). The van der Waals surface area contributed by atoms with Gasteiger partial charge in [0.15, 0.2) is 0 Å².